The minimum Gasteiger partial charge on any atom is -0.244 e. The zero-order valence-corrected chi connectivity index (χ0v) is 11.8. The standard InChI is InChI=1S/C12H11N3O2S2/c1-9-2-4-11(18-9)7-15-19(16,17)12-5-3-10(6-13)14-8-12/h2-5,8,15H,7H2,1H3. The predicted octanol–water partition coefficient (Wildman–Crippen LogP) is 1.80. The van der Waals surface area contributed by atoms with E-state index in [1.165, 1.54) is 18.3 Å². The molecule has 7 heteroatoms. The molecule has 2 aromatic rings. The van der Waals surface area contributed by atoms with Crippen LogP contribution in [0.2, 0.25) is 0 Å². The van der Waals surface area contributed by atoms with E-state index in [4.69, 9.17) is 5.26 Å². The van der Waals surface area contributed by atoms with Gasteiger partial charge in [0.05, 0.1) is 0 Å². The summed E-state index contributed by atoms with van der Waals surface area (Å²) in [7, 11) is -3.59. The van der Waals surface area contributed by atoms with Gasteiger partial charge in [-0.1, -0.05) is 0 Å². The van der Waals surface area contributed by atoms with Gasteiger partial charge in [-0.15, -0.1) is 11.3 Å². The van der Waals surface area contributed by atoms with Crippen molar-refractivity contribution in [2.45, 2.75) is 18.4 Å². The molecule has 0 saturated heterocycles. The average molecular weight is 293 g/mol. The van der Waals surface area contributed by atoms with E-state index in [0.29, 0.717) is 0 Å². The molecule has 0 radical (unpaired) electrons. The summed E-state index contributed by atoms with van der Waals surface area (Å²) in [6.07, 6.45) is 1.18. The summed E-state index contributed by atoms with van der Waals surface area (Å²) in [5, 5.41) is 8.61. The largest absolute Gasteiger partial charge is 0.244 e. The van der Waals surface area contributed by atoms with E-state index in [2.05, 4.69) is 9.71 Å². The summed E-state index contributed by atoms with van der Waals surface area (Å²) in [6, 6.07) is 8.42. The minimum atomic E-state index is -3.59. The van der Waals surface area contributed by atoms with Crippen LogP contribution in [0.4, 0.5) is 0 Å². The molecule has 0 aromatic carbocycles. The summed E-state index contributed by atoms with van der Waals surface area (Å²) in [5.41, 5.74) is 0.188. The second kappa shape index (κ2) is 5.48. The van der Waals surface area contributed by atoms with Crippen LogP contribution in [-0.2, 0) is 16.6 Å². The number of thiophene rings is 1. The molecule has 0 bridgehead atoms. The van der Waals surface area contributed by atoms with Gasteiger partial charge < -0.3 is 0 Å². The predicted molar refractivity (Wildman–Crippen MR) is 72.0 cm³/mol. The maximum atomic E-state index is 12.0. The van der Waals surface area contributed by atoms with Crippen LogP contribution < -0.4 is 4.72 Å². The van der Waals surface area contributed by atoms with Crippen LogP contribution in [0.1, 0.15) is 15.4 Å². The van der Waals surface area contributed by atoms with E-state index in [1.54, 1.807) is 11.3 Å². The normalized spacial score (nSPS) is 11.2. The number of aromatic nitrogens is 1. The number of hydrogen-bond donors (Lipinski definition) is 1. The maximum absolute atomic E-state index is 12.0. The van der Waals surface area contributed by atoms with Crippen molar-refractivity contribution in [3.8, 4) is 6.07 Å². The molecule has 0 aliphatic carbocycles. The molecule has 0 spiro atoms. The Kier molecular flexibility index (Phi) is 3.95. The molecule has 98 valence electrons. The van der Waals surface area contributed by atoms with Crippen LogP contribution in [0.15, 0.2) is 35.4 Å². The fourth-order valence-corrected chi connectivity index (χ4v) is 3.31. The lowest BCUT2D eigenvalue weighted by atomic mass is 10.4. The topological polar surface area (TPSA) is 82.9 Å². The van der Waals surface area contributed by atoms with E-state index < -0.39 is 10.0 Å². The molecule has 19 heavy (non-hydrogen) atoms. The number of aryl methyl sites for hydroxylation is 1. The average Bonchev–Trinajstić information content (AvgIpc) is 2.82. The van der Waals surface area contributed by atoms with Crippen molar-refractivity contribution >= 4 is 21.4 Å². The lowest BCUT2D eigenvalue weighted by Gasteiger charge is -2.04. The highest BCUT2D eigenvalue weighted by Gasteiger charge is 2.14. The van der Waals surface area contributed by atoms with Gasteiger partial charge in [-0.3, -0.25) is 0 Å². The molecule has 0 aliphatic rings. The summed E-state index contributed by atoms with van der Waals surface area (Å²) >= 11 is 1.54. The molecular weight excluding hydrogens is 282 g/mol. The molecule has 2 heterocycles. The van der Waals surface area contributed by atoms with Gasteiger partial charge in [-0.05, 0) is 31.2 Å². The van der Waals surface area contributed by atoms with Gasteiger partial charge in [0.15, 0.2) is 0 Å². The van der Waals surface area contributed by atoms with Gasteiger partial charge in [-0.2, -0.15) is 5.26 Å². The Balaban J connectivity index is 2.11. The van der Waals surface area contributed by atoms with E-state index in [0.717, 1.165) is 9.75 Å². The lowest BCUT2D eigenvalue weighted by molar-refractivity contribution is 0.581. The quantitative estimate of drug-likeness (QED) is 0.931. The van der Waals surface area contributed by atoms with Crippen LogP contribution in [0.5, 0.6) is 0 Å². The molecule has 0 unspecified atom stereocenters. The third-order valence-corrected chi connectivity index (χ3v) is 4.78. The van der Waals surface area contributed by atoms with Crippen molar-refractivity contribution in [1.29, 1.82) is 5.26 Å². The Bertz CT molecular complexity index is 712. The lowest BCUT2D eigenvalue weighted by Crippen LogP contribution is -2.22. The first-order valence-electron chi connectivity index (χ1n) is 5.42. The van der Waals surface area contributed by atoms with Crippen molar-refractivity contribution in [1.82, 2.24) is 9.71 Å². The minimum absolute atomic E-state index is 0.0554. The Morgan fingerprint density at radius 1 is 1.37 bits per heavy atom. The fraction of sp³-hybridized carbons (Fsp3) is 0.167. The number of nitrogens with one attached hydrogen (secondary N) is 1. The van der Waals surface area contributed by atoms with Crippen molar-refractivity contribution in [2.75, 3.05) is 0 Å². The second-order valence-electron chi connectivity index (χ2n) is 3.83. The van der Waals surface area contributed by atoms with Crippen LogP contribution in [-0.4, -0.2) is 13.4 Å². The first-order chi connectivity index (χ1) is 9.01. The molecule has 0 saturated carbocycles. The number of nitrogens with zero attached hydrogens (tertiary/aromatic N) is 2. The number of nitriles is 1. The van der Waals surface area contributed by atoms with Crippen LogP contribution in [0.25, 0.3) is 0 Å². The molecule has 5 nitrogen and oxygen atoms in total. The summed E-state index contributed by atoms with van der Waals surface area (Å²) in [6.45, 7) is 2.22. The molecule has 1 N–H and O–H groups in total. The molecule has 2 aromatic heterocycles. The van der Waals surface area contributed by atoms with Gasteiger partial charge in [0.2, 0.25) is 10.0 Å². The van der Waals surface area contributed by atoms with E-state index in [9.17, 15) is 8.42 Å². The monoisotopic (exact) mass is 293 g/mol. The molecular formula is C12H11N3O2S2. The van der Waals surface area contributed by atoms with Gasteiger partial charge >= 0.3 is 0 Å². The Morgan fingerprint density at radius 2 is 2.16 bits per heavy atom. The van der Waals surface area contributed by atoms with Crippen molar-refractivity contribution in [3.05, 3.63) is 45.9 Å². The van der Waals surface area contributed by atoms with E-state index in [-0.39, 0.29) is 17.1 Å². The van der Waals surface area contributed by atoms with Gasteiger partial charge in [0.1, 0.15) is 16.7 Å². The Hall–Kier alpha value is -1.75. The van der Waals surface area contributed by atoms with Crippen LogP contribution in [0.3, 0.4) is 0 Å². The molecule has 0 aliphatic heterocycles. The first-order valence-corrected chi connectivity index (χ1v) is 7.72. The first kappa shape index (κ1) is 13.7. The zero-order valence-electron chi connectivity index (χ0n) is 10.1. The smallest absolute Gasteiger partial charge is 0.242 e. The highest BCUT2D eigenvalue weighted by atomic mass is 32.2. The van der Waals surface area contributed by atoms with Crippen molar-refractivity contribution < 1.29 is 8.42 Å². The SMILES string of the molecule is Cc1ccc(CNS(=O)(=O)c2ccc(C#N)nc2)s1. The van der Waals surface area contributed by atoms with Crippen molar-refractivity contribution in [2.24, 2.45) is 0 Å². The molecule has 0 amide bonds. The fourth-order valence-electron chi connectivity index (χ4n) is 1.43. The molecule has 2 rings (SSSR count). The van der Waals surface area contributed by atoms with E-state index in [1.807, 2.05) is 25.1 Å². The summed E-state index contributed by atoms with van der Waals surface area (Å²) in [5.74, 6) is 0. The Labute approximate surface area is 115 Å². The number of hydrogen-bond acceptors (Lipinski definition) is 5. The van der Waals surface area contributed by atoms with Gasteiger partial charge in [0, 0.05) is 22.5 Å². The highest BCUT2D eigenvalue weighted by molar-refractivity contribution is 7.89. The Morgan fingerprint density at radius 3 is 2.68 bits per heavy atom. The van der Waals surface area contributed by atoms with Crippen LogP contribution >= 0.6 is 11.3 Å². The maximum Gasteiger partial charge on any atom is 0.242 e. The third kappa shape index (κ3) is 3.38. The second-order valence-corrected chi connectivity index (χ2v) is 6.97. The van der Waals surface area contributed by atoms with Crippen LogP contribution in [0, 0.1) is 18.3 Å². The zero-order chi connectivity index (χ0) is 13.9. The number of sulfonamides is 1. The van der Waals surface area contributed by atoms with E-state index >= 15 is 0 Å². The molecule has 0 atom stereocenters. The number of pyridine rings is 1. The highest BCUT2D eigenvalue weighted by Crippen LogP contribution is 2.16. The molecule has 0 fully saturated rings. The number of rotatable bonds is 4. The third-order valence-electron chi connectivity index (χ3n) is 2.39. The summed E-state index contributed by atoms with van der Waals surface area (Å²) in [4.78, 5) is 5.88. The van der Waals surface area contributed by atoms with Gasteiger partial charge in [0.25, 0.3) is 0 Å². The van der Waals surface area contributed by atoms with Gasteiger partial charge in [-0.25, -0.2) is 18.1 Å². The van der Waals surface area contributed by atoms with Crippen molar-refractivity contribution in [3.63, 3.8) is 0 Å². The summed E-state index contributed by atoms with van der Waals surface area (Å²) < 4.78 is 26.5.